The molecule has 0 spiro atoms. The van der Waals surface area contributed by atoms with Crippen LogP contribution < -0.4 is 0 Å². The van der Waals surface area contributed by atoms with E-state index >= 15 is 0 Å². The lowest BCUT2D eigenvalue weighted by atomic mass is 10.0. The van der Waals surface area contributed by atoms with Crippen molar-refractivity contribution in [1.82, 2.24) is 0 Å². The number of aliphatic hydroxyl groups excluding tert-OH is 1. The molecule has 0 amide bonds. The molecule has 0 saturated heterocycles. The molecule has 0 rings (SSSR count). The molecule has 0 aromatic heterocycles. The Hall–Kier alpha value is -5.84. The average Bonchev–Trinajstić information content (AvgIpc) is 0.898. The topological polar surface area (TPSA) is 237 Å². The molecule has 0 fully saturated rings. The second-order valence-corrected chi connectivity index (χ2v) is 30.9. The van der Waals surface area contributed by atoms with E-state index in [0.717, 1.165) is 154 Å². The van der Waals surface area contributed by atoms with Gasteiger partial charge in [-0.15, -0.1) is 0 Å². The first-order valence-electron chi connectivity index (χ1n) is 43.0. The Kier molecular flexibility index (Phi) is 78.8. The monoisotopic (exact) mass is 1600 g/mol. The van der Waals surface area contributed by atoms with Crippen molar-refractivity contribution in [3.8, 4) is 0 Å². The van der Waals surface area contributed by atoms with Crippen molar-refractivity contribution in [1.29, 1.82) is 0 Å². The quantitative estimate of drug-likeness (QED) is 0.0169. The first-order chi connectivity index (χ1) is 54.7. The van der Waals surface area contributed by atoms with Crippen LogP contribution in [0.3, 0.4) is 0 Å². The van der Waals surface area contributed by atoms with E-state index in [1.54, 1.807) is 0 Å². The number of carbonyl (C=O) groups is 4. The highest BCUT2D eigenvalue weighted by Crippen LogP contribution is 2.45. The second kappa shape index (κ2) is 83.1. The molecule has 0 radical (unpaired) electrons. The SMILES string of the molecule is CC/C=C\C/C=C\C/C=C\C/C=C\C/C=C\CCCCCC(=O)OC[C@H](COP(=O)(O)OC[C@@H](O)COP(=O)(O)OC[C@@H](COC(=O)CC/C=C\C/C=C\C/C=C\C/C=C\C/C=C\CCCCC)OC(=O)CCCCC/C=C\C/C=C\C/C=C\C/C=C\C/C=C\CC)OC(=O)CCCCCCCCCCCCCCCCC. The van der Waals surface area contributed by atoms with Gasteiger partial charge in [0.15, 0.2) is 12.2 Å². The lowest BCUT2D eigenvalue weighted by Crippen LogP contribution is -2.30. The summed E-state index contributed by atoms with van der Waals surface area (Å²) in [5.74, 6) is -2.35. The summed E-state index contributed by atoms with van der Waals surface area (Å²) in [7, 11) is -10.0. The van der Waals surface area contributed by atoms with Gasteiger partial charge in [0.2, 0.25) is 0 Å². The molecule has 0 aromatic carbocycles. The smallest absolute Gasteiger partial charge is 0.462 e. The van der Waals surface area contributed by atoms with E-state index in [1.807, 2.05) is 18.2 Å². The van der Waals surface area contributed by atoms with Crippen LogP contribution in [0, 0.1) is 0 Å². The van der Waals surface area contributed by atoms with Gasteiger partial charge in [-0.3, -0.25) is 37.3 Å². The van der Waals surface area contributed by atoms with Crippen LogP contribution in [0.2, 0.25) is 0 Å². The van der Waals surface area contributed by atoms with Gasteiger partial charge in [0.25, 0.3) is 0 Å². The summed E-state index contributed by atoms with van der Waals surface area (Å²) in [5, 5.41) is 10.7. The maximum atomic E-state index is 13.1. The Morgan fingerprint density at radius 1 is 0.259 bits per heavy atom. The summed E-state index contributed by atoms with van der Waals surface area (Å²) >= 11 is 0. The van der Waals surface area contributed by atoms with Crippen molar-refractivity contribution in [2.24, 2.45) is 0 Å². The average molecular weight is 1600 g/mol. The number of phosphoric acid groups is 2. The van der Waals surface area contributed by atoms with Crippen LogP contribution in [0.25, 0.3) is 0 Å². The molecule has 2 unspecified atom stereocenters. The molecule has 0 aliphatic carbocycles. The van der Waals surface area contributed by atoms with E-state index in [0.29, 0.717) is 32.1 Å². The fourth-order valence-electron chi connectivity index (χ4n) is 10.9. The lowest BCUT2D eigenvalue weighted by Gasteiger charge is -2.21. The summed E-state index contributed by atoms with van der Waals surface area (Å²) in [6.45, 7) is 4.48. The minimum Gasteiger partial charge on any atom is -0.462 e. The molecule has 636 valence electrons. The molecule has 0 aliphatic rings. The molecule has 19 heteroatoms. The largest absolute Gasteiger partial charge is 0.472 e. The molecule has 0 aromatic rings. The molecule has 5 atom stereocenters. The van der Waals surface area contributed by atoms with Gasteiger partial charge >= 0.3 is 39.5 Å². The van der Waals surface area contributed by atoms with Gasteiger partial charge < -0.3 is 33.8 Å². The van der Waals surface area contributed by atoms with E-state index < -0.39 is 97.5 Å². The standard InChI is InChI=1S/C93H152O17P2/c1-5-9-13-17-21-25-29-33-37-40-43-46-50-53-57-61-65-69-73-77-90(95)103-83-88(109-92(97)79-75-71-67-63-59-55-49-36-32-28-24-20-16-12-8-4)85-107-111(99,100)105-81-87(94)82-106-112(101,102)108-86-89(110-93(98)80-76-72-68-64-60-56-52-48-45-42-39-35-31-27-23-19-15-11-7-3)84-104-91(96)78-74-70-66-62-58-54-51-47-44-41-38-34-30-26-22-18-14-10-6-2/h9,11,13,15,21-23,25-27,33-35,37-39,43-48,53-54,56-58,60,66,70,87-89,94H,5-8,10,12,14,16-20,24,28-32,36,40-42,49-52,55,59,61-65,67-69,71-86H2,1-4H3,(H,99,100)(H,101,102)/b13-9-,15-11-,25-21-,26-22-,27-23-,37-33-,38-34-,39-35-,46-43-,47-44-,48-45-,57-53-,58-54-,60-56-,70-66-/t87-,88-,89-/m1/s1. The number of ether oxygens (including phenoxy) is 4. The third kappa shape index (κ3) is 82.2. The normalized spacial score (nSPS) is 14.7. The number of esters is 4. The number of carbonyl (C=O) groups excluding carboxylic acids is 4. The number of hydrogen-bond acceptors (Lipinski definition) is 15. The van der Waals surface area contributed by atoms with Crippen molar-refractivity contribution in [3.05, 3.63) is 182 Å². The van der Waals surface area contributed by atoms with E-state index in [-0.39, 0.29) is 25.7 Å². The zero-order chi connectivity index (χ0) is 81.7. The number of rotatable bonds is 79. The first-order valence-corrected chi connectivity index (χ1v) is 46.0. The highest BCUT2D eigenvalue weighted by Gasteiger charge is 2.30. The predicted molar refractivity (Wildman–Crippen MR) is 463 cm³/mol. The van der Waals surface area contributed by atoms with Crippen LogP contribution in [-0.2, 0) is 65.4 Å². The lowest BCUT2D eigenvalue weighted by molar-refractivity contribution is -0.161. The molecule has 0 heterocycles. The van der Waals surface area contributed by atoms with Crippen molar-refractivity contribution >= 4 is 39.5 Å². The van der Waals surface area contributed by atoms with E-state index in [2.05, 4.69) is 192 Å². The van der Waals surface area contributed by atoms with Gasteiger partial charge in [0, 0.05) is 25.7 Å². The fraction of sp³-hybridized carbons (Fsp3) is 0.634. The minimum atomic E-state index is -5.02. The molecule has 112 heavy (non-hydrogen) atoms. The van der Waals surface area contributed by atoms with Crippen molar-refractivity contribution in [3.63, 3.8) is 0 Å². The summed E-state index contributed by atoms with van der Waals surface area (Å²) in [6.07, 6.45) is 102. The summed E-state index contributed by atoms with van der Waals surface area (Å²) in [4.78, 5) is 73.3. The molecule has 0 saturated carbocycles. The van der Waals surface area contributed by atoms with Crippen LogP contribution in [-0.4, -0.2) is 96.7 Å². The Labute approximate surface area is 679 Å². The maximum Gasteiger partial charge on any atom is 0.472 e. The van der Waals surface area contributed by atoms with Crippen LogP contribution in [0.15, 0.2) is 182 Å². The maximum absolute atomic E-state index is 13.1. The highest BCUT2D eigenvalue weighted by atomic mass is 31.2. The van der Waals surface area contributed by atoms with Crippen LogP contribution >= 0.6 is 15.6 Å². The van der Waals surface area contributed by atoms with E-state index in [1.165, 1.54) is 83.5 Å². The molecular formula is C93H152O17P2. The molecule has 3 N–H and O–H groups in total. The number of unbranched alkanes of at least 4 members (excludes halogenated alkanes) is 23. The van der Waals surface area contributed by atoms with Gasteiger partial charge in [-0.2, -0.15) is 0 Å². The predicted octanol–water partition coefficient (Wildman–Crippen LogP) is 25.9. The second-order valence-electron chi connectivity index (χ2n) is 28.0. The summed E-state index contributed by atoms with van der Waals surface area (Å²) in [6, 6.07) is 0. The first kappa shape index (κ1) is 106. The Morgan fingerprint density at radius 3 is 0.786 bits per heavy atom. The molecule has 0 aliphatic heterocycles. The Morgan fingerprint density at radius 2 is 0.482 bits per heavy atom. The van der Waals surface area contributed by atoms with Crippen molar-refractivity contribution < 1.29 is 80.2 Å². The zero-order valence-electron chi connectivity index (χ0n) is 69.8. The van der Waals surface area contributed by atoms with Crippen molar-refractivity contribution in [2.45, 2.75) is 341 Å². The zero-order valence-corrected chi connectivity index (χ0v) is 71.6. The molecule has 0 bridgehead atoms. The summed E-state index contributed by atoms with van der Waals surface area (Å²) < 4.78 is 68.7. The van der Waals surface area contributed by atoms with Crippen LogP contribution in [0.5, 0.6) is 0 Å². The third-order valence-corrected chi connectivity index (χ3v) is 19.3. The molecule has 17 nitrogen and oxygen atoms in total. The third-order valence-electron chi connectivity index (χ3n) is 17.4. The number of aliphatic hydroxyl groups is 1. The van der Waals surface area contributed by atoms with Gasteiger partial charge in [0.05, 0.1) is 26.4 Å². The van der Waals surface area contributed by atoms with Gasteiger partial charge in [0.1, 0.15) is 19.3 Å². The van der Waals surface area contributed by atoms with Gasteiger partial charge in [-0.1, -0.05) is 326 Å². The highest BCUT2D eigenvalue weighted by molar-refractivity contribution is 7.47. The summed E-state index contributed by atoms with van der Waals surface area (Å²) in [5.41, 5.74) is 0. The van der Waals surface area contributed by atoms with E-state index in [9.17, 15) is 43.2 Å². The Balaban J connectivity index is 5.52. The van der Waals surface area contributed by atoms with Gasteiger partial charge in [-0.25, -0.2) is 9.13 Å². The van der Waals surface area contributed by atoms with Gasteiger partial charge in [-0.05, 0) is 154 Å². The van der Waals surface area contributed by atoms with Crippen LogP contribution in [0.4, 0.5) is 0 Å². The number of hydrogen-bond donors (Lipinski definition) is 3. The number of allylic oxidation sites excluding steroid dienone is 30. The van der Waals surface area contributed by atoms with Crippen LogP contribution in [0.1, 0.15) is 323 Å². The minimum absolute atomic E-state index is 0.0235. The molecular weight excluding hydrogens is 1450 g/mol. The fourth-order valence-corrected chi connectivity index (χ4v) is 12.5. The number of phosphoric ester groups is 2. The Bertz CT molecular complexity index is 2840. The van der Waals surface area contributed by atoms with E-state index in [4.69, 9.17) is 37.0 Å². The van der Waals surface area contributed by atoms with Crippen molar-refractivity contribution in [2.75, 3.05) is 39.6 Å².